The quantitative estimate of drug-likeness (QED) is 0.832. The average Bonchev–Trinajstić information content (AvgIpc) is 2.29. The third kappa shape index (κ3) is 4.14. The average molecular weight is 235 g/mol. The van der Waals surface area contributed by atoms with Gasteiger partial charge in [-0.3, -0.25) is 4.79 Å². The number of carbonyl (C=O) groups excluding carboxylic acids is 2. The van der Waals surface area contributed by atoms with Crippen LogP contribution in [0.1, 0.15) is 12.5 Å². The highest BCUT2D eigenvalue weighted by Gasteiger charge is 2.04. The minimum atomic E-state index is -0.262. The molecule has 0 heterocycles. The van der Waals surface area contributed by atoms with Crippen LogP contribution in [0.15, 0.2) is 24.3 Å². The SMILES string of the molecule is CNC(=O)Nc1cccc(CN(C)C(C)=O)c1. The van der Waals surface area contributed by atoms with Gasteiger partial charge in [0.1, 0.15) is 0 Å². The van der Waals surface area contributed by atoms with Gasteiger partial charge in [0.2, 0.25) is 5.91 Å². The molecule has 92 valence electrons. The maximum Gasteiger partial charge on any atom is 0.318 e. The van der Waals surface area contributed by atoms with Gasteiger partial charge in [-0.2, -0.15) is 0 Å². The molecule has 0 atom stereocenters. The molecule has 0 radical (unpaired) electrons. The van der Waals surface area contributed by atoms with Crippen LogP contribution in [0.25, 0.3) is 0 Å². The Bertz CT molecular complexity index is 418. The van der Waals surface area contributed by atoms with Crippen LogP contribution in [0, 0.1) is 0 Å². The molecule has 0 saturated carbocycles. The van der Waals surface area contributed by atoms with Crippen molar-refractivity contribution in [3.63, 3.8) is 0 Å². The number of nitrogens with one attached hydrogen (secondary N) is 2. The van der Waals surface area contributed by atoms with E-state index in [1.807, 2.05) is 18.2 Å². The van der Waals surface area contributed by atoms with E-state index in [0.717, 1.165) is 5.56 Å². The highest BCUT2D eigenvalue weighted by Crippen LogP contribution is 2.12. The number of urea groups is 1. The van der Waals surface area contributed by atoms with Gasteiger partial charge in [-0.15, -0.1) is 0 Å². The Balaban J connectivity index is 2.72. The first-order valence-electron chi connectivity index (χ1n) is 5.32. The molecule has 0 aromatic heterocycles. The number of anilines is 1. The first-order chi connectivity index (χ1) is 8.02. The summed E-state index contributed by atoms with van der Waals surface area (Å²) < 4.78 is 0. The first-order valence-corrected chi connectivity index (χ1v) is 5.32. The Morgan fingerprint density at radius 2 is 2.06 bits per heavy atom. The number of hydrogen-bond donors (Lipinski definition) is 2. The summed E-state index contributed by atoms with van der Waals surface area (Å²) in [6.07, 6.45) is 0. The van der Waals surface area contributed by atoms with E-state index in [1.165, 1.54) is 6.92 Å². The van der Waals surface area contributed by atoms with Gasteiger partial charge in [-0.25, -0.2) is 4.79 Å². The van der Waals surface area contributed by atoms with E-state index in [9.17, 15) is 9.59 Å². The largest absolute Gasteiger partial charge is 0.342 e. The predicted molar refractivity (Wildman–Crippen MR) is 66.7 cm³/mol. The highest BCUT2D eigenvalue weighted by atomic mass is 16.2. The van der Waals surface area contributed by atoms with Crippen LogP contribution in [0.5, 0.6) is 0 Å². The summed E-state index contributed by atoms with van der Waals surface area (Å²) in [5, 5.41) is 5.16. The van der Waals surface area contributed by atoms with Crippen LogP contribution in [0.3, 0.4) is 0 Å². The molecule has 1 rings (SSSR count). The monoisotopic (exact) mass is 235 g/mol. The highest BCUT2D eigenvalue weighted by molar-refractivity contribution is 5.89. The Morgan fingerprint density at radius 3 is 2.65 bits per heavy atom. The van der Waals surface area contributed by atoms with Crippen LogP contribution in [-0.4, -0.2) is 30.9 Å². The van der Waals surface area contributed by atoms with E-state index in [-0.39, 0.29) is 11.9 Å². The van der Waals surface area contributed by atoms with Crippen LogP contribution in [-0.2, 0) is 11.3 Å². The molecule has 17 heavy (non-hydrogen) atoms. The summed E-state index contributed by atoms with van der Waals surface area (Å²) in [6.45, 7) is 2.05. The molecule has 0 unspecified atom stereocenters. The minimum absolute atomic E-state index is 0.00895. The standard InChI is InChI=1S/C12H17N3O2/c1-9(16)15(3)8-10-5-4-6-11(7-10)14-12(17)13-2/h4-7H,8H2,1-3H3,(H2,13,14,17). The van der Waals surface area contributed by atoms with Crippen LogP contribution < -0.4 is 10.6 Å². The number of hydrogen-bond acceptors (Lipinski definition) is 2. The molecule has 0 spiro atoms. The molecule has 0 fully saturated rings. The topological polar surface area (TPSA) is 61.4 Å². The minimum Gasteiger partial charge on any atom is -0.342 e. The number of benzene rings is 1. The van der Waals surface area contributed by atoms with E-state index in [0.29, 0.717) is 12.2 Å². The van der Waals surface area contributed by atoms with E-state index in [1.54, 1.807) is 25.1 Å². The Labute approximate surface area is 101 Å². The van der Waals surface area contributed by atoms with Crippen molar-refractivity contribution >= 4 is 17.6 Å². The number of amides is 3. The molecule has 1 aromatic rings. The van der Waals surface area contributed by atoms with Crippen molar-refractivity contribution in [1.82, 2.24) is 10.2 Å². The fourth-order valence-electron chi connectivity index (χ4n) is 1.33. The van der Waals surface area contributed by atoms with E-state index < -0.39 is 0 Å². The van der Waals surface area contributed by atoms with Crippen LogP contribution in [0.4, 0.5) is 10.5 Å². The summed E-state index contributed by atoms with van der Waals surface area (Å²) in [5.41, 5.74) is 1.68. The van der Waals surface area contributed by atoms with E-state index >= 15 is 0 Å². The molecule has 0 aliphatic rings. The molecule has 0 bridgehead atoms. The van der Waals surface area contributed by atoms with Crippen molar-refractivity contribution in [1.29, 1.82) is 0 Å². The summed E-state index contributed by atoms with van der Waals surface area (Å²) >= 11 is 0. The summed E-state index contributed by atoms with van der Waals surface area (Å²) in [4.78, 5) is 23.8. The zero-order valence-electron chi connectivity index (χ0n) is 10.3. The number of nitrogens with zero attached hydrogens (tertiary/aromatic N) is 1. The van der Waals surface area contributed by atoms with Gasteiger partial charge in [0, 0.05) is 33.3 Å². The summed E-state index contributed by atoms with van der Waals surface area (Å²) in [5.74, 6) is 0.00895. The molecule has 2 N–H and O–H groups in total. The van der Waals surface area contributed by atoms with Gasteiger partial charge >= 0.3 is 6.03 Å². The van der Waals surface area contributed by atoms with Crippen molar-refractivity contribution in [2.45, 2.75) is 13.5 Å². The molecule has 5 nitrogen and oxygen atoms in total. The fourth-order valence-corrected chi connectivity index (χ4v) is 1.33. The van der Waals surface area contributed by atoms with Crippen molar-refractivity contribution in [2.75, 3.05) is 19.4 Å². The van der Waals surface area contributed by atoms with E-state index in [2.05, 4.69) is 10.6 Å². The first kappa shape index (κ1) is 13.0. The Kier molecular flexibility index (Phi) is 4.51. The van der Waals surface area contributed by atoms with Gasteiger partial charge in [0.15, 0.2) is 0 Å². The number of rotatable bonds is 3. The van der Waals surface area contributed by atoms with Gasteiger partial charge in [0.25, 0.3) is 0 Å². The third-order valence-electron chi connectivity index (χ3n) is 2.37. The lowest BCUT2D eigenvalue weighted by atomic mass is 10.2. The van der Waals surface area contributed by atoms with Crippen molar-refractivity contribution in [3.8, 4) is 0 Å². The third-order valence-corrected chi connectivity index (χ3v) is 2.37. The molecule has 3 amide bonds. The van der Waals surface area contributed by atoms with Gasteiger partial charge in [-0.05, 0) is 17.7 Å². The molecule has 0 aliphatic carbocycles. The Morgan fingerprint density at radius 1 is 1.35 bits per heavy atom. The molecular weight excluding hydrogens is 218 g/mol. The van der Waals surface area contributed by atoms with Crippen molar-refractivity contribution in [2.24, 2.45) is 0 Å². The molecular formula is C12H17N3O2. The molecule has 5 heteroatoms. The molecule has 0 saturated heterocycles. The maximum atomic E-state index is 11.1. The number of carbonyl (C=O) groups is 2. The Hall–Kier alpha value is -2.04. The second-order valence-electron chi connectivity index (χ2n) is 3.78. The van der Waals surface area contributed by atoms with E-state index in [4.69, 9.17) is 0 Å². The van der Waals surface area contributed by atoms with Gasteiger partial charge < -0.3 is 15.5 Å². The normalized spacial score (nSPS) is 9.59. The predicted octanol–water partition coefficient (Wildman–Crippen LogP) is 1.42. The second kappa shape index (κ2) is 5.89. The zero-order chi connectivity index (χ0) is 12.8. The smallest absolute Gasteiger partial charge is 0.318 e. The zero-order valence-corrected chi connectivity index (χ0v) is 10.3. The van der Waals surface area contributed by atoms with Crippen LogP contribution in [0.2, 0.25) is 0 Å². The molecule has 0 aliphatic heterocycles. The van der Waals surface area contributed by atoms with Crippen LogP contribution >= 0.6 is 0 Å². The van der Waals surface area contributed by atoms with Crippen molar-refractivity contribution in [3.05, 3.63) is 29.8 Å². The lowest BCUT2D eigenvalue weighted by Crippen LogP contribution is -2.25. The van der Waals surface area contributed by atoms with Gasteiger partial charge in [-0.1, -0.05) is 12.1 Å². The lowest BCUT2D eigenvalue weighted by Gasteiger charge is -2.15. The molecule has 1 aromatic carbocycles. The summed E-state index contributed by atoms with van der Waals surface area (Å²) in [6, 6.07) is 7.13. The van der Waals surface area contributed by atoms with Crippen molar-refractivity contribution < 1.29 is 9.59 Å². The fraction of sp³-hybridized carbons (Fsp3) is 0.333. The maximum absolute atomic E-state index is 11.1. The second-order valence-corrected chi connectivity index (χ2v) is 3.78. The summed E-state index contributed by atoms with van der Waals surface area (Å²) in [7, 11) is 3.30. The van der Waals surface area contributed by atoms with Gasteiger partial charge in [0.05, 0.1) is 0 Å². The lowest BCUT2D eigenvalue weighted by molar-refractivity contribution is -0.128.